The minimum atomic E-state index is 0.109. The molecule has 0 spiro atoms. The van der Waals surface area contributed by atoms with Crippen LogP contribution in [0, 0.1) is 6.92 Å². The SMILES string of the molecule is Cc1cc(Cl)c2cncnc2c1OC(C)C. The fraction of sp³-hybridized carbons (Fsp3) is 0.333. The lowest BCUT2D eigenvalue weighted by Gasteiger charge is -2.14. The molecule has 0 radical (unpaired) electrons. The van der Waals surface area contributed by atoms with E-state index in [9.17, 15) is 0 Å². The zero-order chi connectivity index (χ0) is 11.7. The molecule has 0 unspecified atom stereocenters. The van der Waals surface area contributed by atoms with Gasteiger partial charge in [-0.15, -0.1) is 0 Å². The third kappa shape index (κ3) is 1.95. The smallest absolute Gasteiger partial charge is 0.149 e. The van der Waals surface area contributed by atoms with E-state index in [0.29, 0.717) is 5.02 Å². The number of ether oxygens (including phenoxy) is 1. The van der Waals surface area contributed by atoms with Crippen molar-refractivity contribution in [2.45, 2.75) is 26.9 Å². The van der Waals surface area contributed by atoms with Gasteiger partial charge < -0.3 is 4.74 Å². The number of halogens is 1. The molecule has 1 aromatic carbocycles. The summed E-state index contributed by atoms with van der Waals surface area (Å²) in [6.45, 7) is 5.94. The molecule has 0 amide bonds. The molecule has 0 aliphatic rings. The van der Waals surface area contributed by atoms with E-state index in [2.05, 4.69) is 9.97 Å². The van der Waals surface area contributed by atoms with E-state index in [-0.39, 0.29) is 6.10 Å². The molecule has 0 N–H and O–H groups in total. The van der Waals surface area contributed by atoms with Gasteiger partial charge in [0.05, 0.1) is 11.1 Å². The minimum Gasteiger partial charge on any atom is -0.488 e. The van der Waals surface area contributed by atoms with Gasteiger partial charge in [0.25, 0.3) is 0 Å². The van der Waals surface area contributed by atoms with Gasteiger partial charge in [-0.05, 0) is 32.4 Å². The predicted octanol–water partition coefficient (Wildman–Crippen LogP) is 3.38. The van der Waals surface area contributed by atoms with Crippen molar-refractivity contribution < 1.29 is 4.74 Å². The number of aromatic nitrogens is 2. The minimum absolute atomic E-state index is 0.109. The number of rotatable bonds is 2. The van der Waals surface area contributed by atoms with Crippen LogP contribution in [0.2, 0.25) is 5.02 Å². The van der Waals surface area contributed by atoms with Crippen molar-refractivity contribution in [3.63, 3.8) is 0 Å². The van der Waals surface area contributed by atoms with Crippen LogP contribution in [0.3, 0.4) is 0 Å². The summed E-state index contributed by atoms with van der Waals surface area (Å²) >= 11 is 6.14. The standard InChI is InChI=1S/C12H13ClN2O/c1-7(2)16-12-8(3)4-10(13)9-5-14-6-15-11(9)12/h4-7H,1-3H3. The van der Waals surface area contributed by atoms with E-state index >= 15 is 0 Å². The molecule has 1 aromatic heterocycles. The first kappa shape index (κ1) is 11.1. The molecule has 2 aromatic rings. The quantitative estimate of drug-likeness (QED) is 0.802. The van der Waals surface area contributed by atoms with Gasteiger partial charge in [0, 0.05) is 11.6 Å². The lowest BCUT2D eigenvalue weighted by molar-refractivity contribution is 0.243. The monoisotopic (exact) mass is 236 g/mol. The summed E-state index contributed by atoms with van der Waals surface area (Å²) in [7, 11) is 0. The highest BCUT2D eigenvalue weighted by atomic mass is 35.5. The molecule has 0 atom stereocenters. The van der Waals surface area contributed by atoms with Crippen molar-refractivity contribution in [1.29, 1.82) is 0 Å². The normalized spacial score (nSPS) is 11.1. The van der Waals surface area contributed by atoms with E-state index in [0.717, 1.165) is 22.2 Å². The summed E-state index contributed by atoms with van der Waals surface area (Å²) in [5.41, 5.74) is 1.76. The van der Waals surface area contributed by atoms with Crippen molar-refractivity contribution >= 4 is 22.5 Å². The highest BCUT2D eigenvalue weighted by Crippen LogP contribution is 2.33. The largest absolute Gasteiger partial charge is 0.488 e. The second-order valence-electron chi connectivity index (χ2n) is 3.96. The fourth-order valence-electron chi connectivity index (χ4n) is 1.59. The Kier molecular flexibility index (Phi) is 2.97. The summed E-state index contributed by atoms with van der Waals surface area (Å²) < 4.78 is 5.76. The van der Waals surface area contributed by atoms with E-state index in [1.165, 1.54) is 6.33 Å². The Bertz CT molecular complexity index is 526. The van der Waals surface area contributed by atoms with Crippen molar-refractivity contribution in [3.05, 3.63) is 29.2 Å². The summed E-state index contributed by atoms with van der Waals surface area (Å²) in [4.78, 5) is 8.21. The Morgan fingerprint density at radius 2 is 2.12 bits per heavy atom. The molecule has 3 nitrogen and oxygen atoms in total. The van der Waals surface area contributed by atoms with Crippen LogP contribution < -0.4 is 4.74 Å². The average Bonchev–Trinajstić information content (AvgIpc) is 2.24. The van der Waals surface area contributed by atoms with Crippen LogP contribution >= 0.6 is 11.6 Å². The van der Waals surface area contributed by atoms with Gasteiger partial charge in [-0.1, -0.05) is 11.6 Å². The molecule has 0 aliphatic carbocycles. The zero-order valence-electron chi connectivity index (χ0n) is 9.49. The van der Waals surface area contributed by atoms with Crippen LogP contribution in [-0.4, -0.2) is 16.1 Å². The van der Waals surface area contributed by atoms with Gasteiger partial charge in [0.15, 0.2) is 0 Å². The van der Waals surface area contributed by atoms with E-state index in [4.69, 9.17) is 16.3 Å². The Morgan fingerprint density at radius 3 is 2.81 bits per heavy atom. The van der Waals surface area contributed by atoms with Gasteiger partial charge in [-0.25, -0.2) is 9.97 Å². The molecule has 16 heavy (non-hydrogen) atoms. The fourth-order valence-corrected chi connectivity index (χ4v) is 1.89. The van der Waals surface area contributed by atoms with E-state index in [1.807, 2.05) is 26.8 Å². The Morgan fingerprint density at radius 1 is 1.38 bits per heavy atom. The zero-order valence-corrected chi connectivity index (χ0v) is 10.2. The molecular weight excluding hydrogens is 224 g/mol. The molecule has 84 valence electrons. The van der Waals surface area contributed by atoms with Crippen LogP contribution in [0.25, 0.3) is 10.9 Å². The van der Waals surface area contributed by atoms with E-state index < -0.39 is 0 Å². The van der Waals surface area contributed by atoms with Crippen molar-refractivity contribution in [2.75, 3.05) is 0 Å². The third-order valence-electron chi connectivity index (χ3n) is 2.24. The topological polar surface area (TPSA) is 35.0 Å². The van der Waals surface area contributed by atoms with Crippen LogP contribution in [0.4, 0.5) is 0 Å². The van der Waals surface area contributed by atoms with Crippen molar-refractivity contribution in [2.24, 2.45) is 0 Å². The van der Waals surface area contributed by atoms with E-state index in [1.54, 1.807) is 6.20 Å². The number of hydrogen-bond acceptors (Lipinski definition) is 3. The molecule has 0 saturated heterocycles. The molecule has 0 fully saturated rings. The summed E-state index contributed by atoms with van der Waals surface area (Å²) in [5.74, 6) is 0.789. The number of nitrogens with zero attached hydrogens (tertiary/aromatic N) is 2. The Hall–Kier alpha value is -1.35. The lowest BCUT2D eigenvalue weighted by Crippen LogP contribution is -2.07. The number of benzene rings is 1. The maximum atomic E-state index is 6.14. The number of fused-ring (bicyclic) bond motifs is 1. The summed E-state index contributed by atoms with van der Waals surface area (Å²) in [5, 5.41) is 1.48. The summed E-state index contributed by atoms with van der Waals surface area (Å²) in [6.07, 6.45) is 3.32. The second-order valence-corrected chi connectivity index (χ2v) is 4.36. The van der Waals surface area contributed by atoms with Crippen molar-refractivity contribution in [1.82, 2.24) is 9.97 Å². The van der Waals surface area contributed by atoms with Gasteiger partial charge in [-0.3, -0.25) is 0 Å². The number of hydrogen-bond donors (Lipinski definition) is 0. The maximum Gasteiger partial charge on any atom is 0.149 e. The first-order valence-electron chi connectivity index (χ1n) is 5.15. The second kappa shape index (κ2) is 4.26. The molecule has 0 bridgehead atoms. The first-order valence-corrected chi connectivity index (χ1v) is 5.53. The molecular formula is C12H13ClN2O. The Balaban J connectivity index is 2.71. The first-order chi connectivity index (χ1) is 7.59. The summed E-state index contributed by atoms with van der Waals surface area (Å²) in [6, 6.07) is 1.88. The van der Waals surface area contributed by atoms with Gasteiger partial charge in [0.1, 0.15) is 17.6 Å². The highest BCUT2D eigenvalue weighted by molar-refractivity contribution is 6.35. The van der Waals surface area contributed by atoms with Crippen LogP contribution in [0.15, 0.2) is 18.6 Å². The lowest BCUT2D eigenvalue weighted by atomic mass is 10.1. The van der Waals surface area contributed by atoms with Crippen LogP contribution in [-0.2, 0) is 0 Å². The van der Waals surface area contributed by atoms with Gasteiger partial charge in [0.2, 0.25) is 0 Å². The van der Waals surface area contributed by atoms with Gasteiger partial charge in [-0.2, -0.15) is 0 Å². The average molecular weight is 237 g/mol. The van der Waals surface area contributed by atoms with Crippen LogP contribution in [0.5, 0.6) is 5.75 Å². The van der Waals surface area contributed by atoms with Crippen molar-refractivity contribution in [3.8, 4) is 5.75 Å². The Labute approximate surface area is 99.4 Å². The van der Waals surface area contributed by atoms with Crippen LogP contribution in [0.1, 0.15) is 19.4 Å². The molecule has 4 heteroatoms. The predicted molar refractivity (Wildman–Crippen MR) is 65.0 cm³/mol. The molecule has 1 heterocycles. The maximum absolute atomic E-state index is 6.14. The molecule has 0 saturated carbocycles. The third-order valence-corrected chi connectivity index (χ3v) is 2.55. The van der Waals surface area contributed by atoms with Gasteiger partial charge >= 0.3 is 0 Å². The molecule has 0 aliphatic heterocycles. The molecule has 2 rings (SSSR count). The number of aryl methyl sites for hydroxylation is 1. The highest BCUT2D eigenvalue weighted by Gasteiger charge is 2.12.